The van der Waals surface area contributed by atoms with E-state index in [4.69, 9.17) is 4.74 Å². The highest BCUT2D eigenvalue weighted by molar-refractivity contribution is 5.81. The van der Waals surface area contributed by atoms with Gasteiger partial charge in [0.05, 0.1) is 0 Å². The van der Waals surface area contributed by atoms with E-state index < -0.39 is 0 Å². The molecular formula is C14H24N2O2. The van der Waals surface area contributed by atoms with Crippen LogP contribution in [0.3, 0.4) is 0 Å². The average Bonchev–Trinajstić information content (AvgIpc) is 2.88. The first kappa shape index (κ1) is 12.4. The minimum absolute atomic E-state index is 0.144. The van der Waals surface area contributed by atoms with Crippen molar-refractivity contribution >= 4 is 5.91 Å². The summed E-state index contributed by atoms with van der Waals surface area (Å²) < 4.78 is 5.61. The smallest absolute Gasteiger partial charge is 0.251 e. The molecule has 3 saturated heterocycles. The fourth-order valence-corrected chi connectivity index (χ4v) is 3.56. The number of rotatable bonds is 1. The second-order valence-corrected chi connectivity index (χ2v) is 6.11. The summed E-state index contributed by atoms with van der Waals surface area (Å²) in [6.07, 6.45) is 6.64. The van der Waals surface area contributed by atoms with E-state index in [1.54, 1.807) is 0 Å². The summed E-state index contributed by atoms with van der Waals surface area (Å²) in [6, 6.07) is 0. The molecule has 18 heavy (non-hydrogen) atoms. The molecule has 4 heteroatoms. The minimum atomic E-state index is -0.144. The fraction of sp³-hybridized carbons (Fsp3) is 0.929. The van der Waals surface area contributed by atoms with Crippen molar-refractivity contribution in [3.8, 4) is 0 Å². The van der Waals surface area contributed by atoms with E-state index in [1.807, 2.05) is 4.90 Å². The molecule has 0 bridgehead atoms. The molecule has 3 fully saturated rings. The van der Waals surface area contributed by atoms with Crippen LogP contribution in [0.4, 0.5) is 0 Å². The third-order valence-electron chi connectivity index (χ3n) is 4.92. The van der Waals surface area contributed by atoms with Crippen LogP contribution in [0.15, 0.2) is 0 Å². The monoisotopic (exact) mass is 252 g/mol. The second-order valence-electron chi connectivity index (χ2n) is 6.11. The zero-order valence-corrected chi connectivity index (χ0v) is 11.1. The van der Waals surface area contributed by atoms with E-state index in [2.05, 4.69) is 5.32 Å². The SMILES string of the molecule is O=C(C1CCCCO1)N1CCC2(CCNC2)CC1. The first-order valence-corrected chi connectivity index (χ1v) is 7.40. The Morgan fingerprint density at radius 3 is 2.67 bits per heavy atom. The summed E-state index contributed by atoms with van der Waals surface area (Å²) in [5, 5.41) is 3.46. The van der Waals surface area contributed by atoms with Crippen LogP contribution in [0.2, 0.25) is 0 Å². The summed E-state index contributed by atoms with van der Waals surface area (Å²) in [7, 11) is 0. The number of likely N-dealkylation sites (tertiary alicyclic amines) is 1. The number of nitrogens with one attached hydrogen (secondary N) is 1. The lowest BCUT2D eigenvalue weighted by Gasteiger charge is -2.40. The number of amides is 1. The lowest BCUT2D eigenvalue weighted by Crippen LogP contribution is -2.48. The number of carbonyl (C=O) groups excluding carboxylic acids is 1. The quantitative estimate of drug-likeness (QED) is 0.761. The van der Waals surface area contributed by atoms with Crippen LogP contribution in [0.5, 0.6) is 0 Å². The Morgan fingerprint density at radius 1 is 1.22 bits per heavy atom. The van der Waals surface area contributed by atoms with Gasteiger partial charge in [-0.05, 0) is 50.5 Å². The van der Waals surface area contributed by atoms with Gasteiger partial charge in [-0.1, -0.05) is 0 Å². The summed E-state index contributed by atoms with van der Waals surface area (Å²) >= 11 is 0. The first-order chi connectivity index (χ1) is 8.79. The maximum Gasteiger partial charge on any atom is 0.251 e. The van der Waals surface area contributed by atoms with Crippen LogP contribution in [0, 0.1) is 5.41 Å². The van der Waals surface area contributed by atoms with Crippen LogP contribution < -0.4 is 5.32 Å². The second kappa shape index (κ2) is 5.17. The van der Waals surface area contributed by atoms with Gasteiger partial charge in [0.2, 0.25) is 0 Å². The third kappa shape index (κ3) is 2.41. The van der Waals surface area contributed by atoms with Crippen molar-refractivity contribution in [2.45, 2.75) is 44.6 Å². The van der Waals surface area contributed by atoms with Gasteiger partial charge >= 0.3 is 0 Å². The Labute approximate surface area is 109 Å². The van der Waals surface area contributed by atoms with Crippen molar-refractivity contribution in [2.24, 2.45) is 5.41 Å². The largest absolute Gasteiger partial charge is 0.368 e. The summed E-state index contributed by atoms with van der Waals surface area (Å²) in [6.45, 7) is 4.92. The normalized spacial score (nSPS) is 31.8. The fourth-order valence-electron chi connectivity index (χ4n) is 3.56. The summed E-state index contributed by atoms with van der Waals surface area (Å²) in [5.41, 5.74) is 0.490. The van der Waals surface area contributed by atoms with E-state index in [-0.39, 0.29) is 12.0 Å². The molecule has 0 radical (unpaired) electrons. The molecule has 0 aliphatic carbocycles. The molecule has 102 valence electrons. The van der Waals surface area contributed by atoms with Gasteiger partial charge in [0.1, 0.15) is 6.10 Å². The average molecular weight is 252 g/mol. The maximum atomic E-state index is 12.3. The zero-order valence-electron chi connectivity index (χ0n) is 11.1. The van der Waals surface area contributed by atoms with Crippen molar-refractivity contribution in [3.05, 3.63) is 0 Å². The van der Waals surface area contributed by atoms with Gasteiger partial charge in [0, 0.05) is 26.2 Å². The minimum Gasteiger partial charge on any atom is -0.368 e. The standard InChI is InChI=1S/C14H24N2O2/c17-13(12-3-1-2-10-18-12)16-8-5-14(6-9-16)4-7-15-11-14/h12,15H,1-11H2. The summed E-state index contributed by atoms with van der Waals surface area (Å²) in [5.74, 6) is 0.246. The topological polar surface area (TPSA) is 41.6 Å². The van der Waals surface area contributed by atoms with Crippen molar-refractivity contribution < 1.29 is 9.53 Å². The lowest BCUT2D eigenvalue weighted by molar-refractivity contribution is -0.148. The molecule has 1 unspecified atom stereocenters. The van der Waals surface area contributed by atoms with Gasteiger partial charge in [0.15, 0.2) is 0 Å². The Balaban J connectivity index is 1.53. The van der Waals surface area contributed by atoms with Crippen LogP contribution >= 0.6 is 0 Å². The van der Waals surface area contributed by atoms with Crippen molar-refractivity contribution in [1.29, 1.82) is 0 Å². The predicted molar refractivity (Wildman–Crippen MR) is 69.3 cm³/mol. The van der Waals surface area contributed by atoms with Crippen LogP contribution in [-0.4, -0.2) is 49.7 Å². The molecule has 4 nitrogen and oxygen atoms in total. The molecule has 3 aliphatic heterocycles. The first-order valence-electron chi connectivity index (χ1n) is 7.40. The summed E-state index contributed by atoms with van der Waals surface area (Å²) in [4.78, 5) is 14.4. The number of hydrogen-bond donors (Lipinski definition) is 1. The van der Waals surface area contributed by atoms with Crippen molar-refractivity contribution in [3.63, 3.8) is 0 Å². The van der Waals surface area contributed by atoms with Gasteiger partial charge < -0.3 is 15.0 Å². The molecule has 0 aromatic rings. The van der Waals surface area contributed by atoms with E-state index >= 15 is 0 Å². The molecule has 1 atom stereocenters. The molecule has 1 N–H and O–H groups in total. The van der Waals surface area contributed by atoms with Gasteiger partial charge in [-0.25, -0.2) is 0 Å². The molecule has 0 saturated carbocycles. The number of hydrogen-bond acceptors (Lipinski definition) is 3. The Hall–Kier alpha value is -0.610. The highest BCUT2D eigenvalue weighted by Crippen LogP contribution is 2.37. The van der Waals surface area contributed by atoms with Crippen LogP contribution in [0.1, 0.15) is 38.5 Å². The zero-order chi connectivity index (χ0) is 12.4. The maximum absolute atomic E-state index is 12.3. The number of nitrogens with zero attached hydrogens (tertiary/aromatic N) is 1. The lowest BCUT2D eigenvalue weighted by atomic mass is 9.77. The highest BCUT2D eigenvalue weighted by Gasteiger charge is 2.39. The Bertz CT molecular complexity index is 297. The number of ether oxygens (including phenoxy) is 1. The van der Waals surface area contributed by atoms with Crippen molar-refractivity contribution in [2.75, 3.05) is 32.8 Å². The molecule has 3 heterocycles. The molecule has 0 aromatic heterocycles. The van der Waals surface area contributed by atoms with E-state index in [0.717, 1.165) is 52.0 Å². The molecule has 3 aliphatic rings. The third-order valence-corrected chi connectivity index (χ3v) is 4.92. The number of carbonyl (C=O) groups is 1. The van der Waals surface area contributed by atoms with Gasteiger partial charge in [0.25, 0.3) is 5.91 Å². The molecule has 1 amide bonds. The van der Waals surface area contributed by atoms with E-state index in [9.17, 15) is 4.79 Å². The number of piperidine rings is 1. The Kier molecular flexibility index (Phi) is 3.57. The predicted octanol–water partition coefficient (Wildman–Crippen LogP) is 1.16. The van der Waals surface area contributed by atoms with Gasteiger partial charge in [-0.2, -0.15) is 0 Å². The van der Waals surface area contributed by atoms with Gasteiger partial charge in [-0.3, -0.25) is 4.79 Å². The molecule has 0 aromatic carbocycles. The van der Waals surface area contributed by atoms with E-state index in [0.29, 0.717) is 5.41 Å². The molecular weight excluding hydrogens is 228 g/mol. The van der Waals surface area contributed by atoms with E-state index in [1.165, 1.54) is 19.3 Å². The Morgan fingerprint density at radius 2 is 2.06 bits per heavy atom. The molecule has 1 spiro atoms. The van der Waals surface area contributed by atoms with Crippen LogP contribution in [0.25, 0.3) is 0 Å². The molecule has 3 rings (SSSR count). The van der Waals surface area contributed by atoms with Crippen molar-refractivity contribution in [1.82, 2.24) is 10.2 Å². The van der Waals surface area contributed by atoms with Gasteiger partial charge in [-0.15, -0.1) is 0 Å². The highest BCUT2D eigenvalue weighted by atomic mass is 16.5. The van der Waals surface area contributed by atoms with Crippen LogP contribution in [-0.2, 0) is 9.53 Å².